The van der Waals surface area contributed by atoms with E-state index in [1.54, 1.807) is 0 Å². The van der Waals surface area contributed by atoms with Crippen molar-refractivity contribution in [3.8, 4) is 0 Å². The molecule has 0 aliphatic rings. The monoisotopic (exact) mass is 308 g/mol. The summed E-state index contributed by atoms with van der Waals surface area (Å²) in [5.41, 5.74) is 0. The Hall–Kier alpha value is -0.240. The van der Waals surface area contributed by atoms with Gasteiger partial charge in [-0.1, -0.05) is 6.92 Å². The Kier molecular flexibility index (Phi) is 19.5. The molecule has 0 saturated heterocycles. The van der Waals surface area contributed by atoms with Gasteiger partial charge in [0, 0.05) is 13.2 Å². The lowest BCUT2D eigenvalue weighted by molar-refractivity contribution is -0.0161. The number of rotatable bonds is 18. The van der Waals surface area contributed by atoms with Crippen LogP contribution < -0.4 is 0 Å². The second kappa shape index (κ2) is 19.8. The Balaban J connectivity index is 2.90. The van der Waals surface area contributed by atoms with Gasteiger partial charge in [-0.05, 0) is 13.3 Å². The molecule has 0 aromatic heterocycles. The van der Waals surface area contributed by atoms with Crippen LogP contribution in [0.2, 0.25) is 0 Å². The lowest BCUT2D eigenvalue weighted by Crippen LogP contribution is -2.14. The fourth-order valence-corrected chi connectivity index (χ4v) is 1.39. The van der Waals surface area contributed by atoms with E-state index in [-0.39, 0.29) is 0 Å². The molecule has 128 valence electrons. The van der Waals surface area contributed by atoms with E-state index >= 15 is 0 Å². The minimum absolute atomic E-state index is 0.578. The van der Waals surface area contributed by atoms with Crippen molar-refractivity contribution in [3.63, 3.8) is 0 Å². The molecule has 0 unspecified atom stereocenters. The van der Waals surface area contributed by atoms with Crippen LogP contribution in [0.4, 0.5) is 0 Å². The molecule has 6 heteroatoms. The second-order valence-corrected chi connectivity index (χ2v) is 4.26. The van der Waals surface area contributed by atoms with Gasteiger partial charge in [0.1, 0.15) is 0 Å². The van der Waals surface area contributed by atoms with Gasteiger partial charge in [0.15, 0.2) is 0 Å². The lowest BCUT2D eigenvalue weighted by atomic mass is 10.5. The van der Waals surface area contributed by atoms with E-state index in [0.29, 0.717) is 66.1 Å². The standard InChI is InChI=1S/C15H32O6/c1-3-5-17-8-9-19-12-13-21-15-14-20-11-10-18-7-6-16-4-2/h3-15H2,1-2H3. The third-order valence-electron chi connectivity index (χ3n) is 2.41. The summed E-state index contributed by atoms with van der Waals surface area (Å²) in [5, 5.41) is 0. The molecule has 0 spiro atoms. The second-order valence-electron chi connectivity index (χ2n) is 4.26. The minimum atomic E-state index is 0.578. The van der Waals surface area contributed by atoms with Crippen molar-refractivity contribution in [2.24, 2.45) is 0 Å². The minimum Gasteiger partial charge on any atom is -0.379 e. The van der Waals surface area contributed by atoms with Crippen LogP contribution in [-0.2, 0) is 28.4 Å². The van der Waals surface area contributed by atoms with E-state index in [2.05, 4.69) is 6.92 Å². The first-order valence-electron chi connectivity index (χ1n) is 7.88. The van der Waals surface area contributed by atoms with Crippen molar-refractivity contribution < 1.29 is 28.4 Å². The average molecular weight is 308 g/mol. The van der Waals surface area contributed by atoms with E-state index in [9.17, 15) is 0 Å². The summed E-state index contributed by atoms with van der Waals surface area (Å²) in [6.45, 7) is 11.6. The molecule has 0 saturated carbocycles. The molecule has 21 heavy (non-hydrogen) atoms. The quantitative estimate of drug-likeness (QED) is 0.358. The Morgan fingerprint density at radius 2 is 0.667 bits per heavy atom. The highest BCUT2D eigenvalue weighted by Gasteiger charge is 1.93. The molecule has 0 heterocycles. The van der Waals surface area contributed by atoms with Crippen molar-refractivity contribution in [1.29, 1.82) is 0 Å². The molecule has 0 aliphatic heterocycles. The normalized spacial score (nSPS) is 11.1. The van der Waals surface area contributed by atoms with E-state index < -0.39 is 0 Å². The van der Waals surface area contributed by atoms with Gasteiger partial charge in [0.05, 0.1) is 66.1 Å². The summed E-state index contributed by atoms with van der Waals surface area (Å²) >= 11 is 0. The summed E-state index contributed by atoms with van der Waals surface area (Å²) in [6, 6.07) is 0. The maximum Gasteiger partial charge on any atom is 0.0701 e. The van der Waals surface area contributed by atoms with Gasteiger partial charge in [0.25, 0.3) is 0 Å². The Morgan fingerprint density at radius 3 is 0.952 bits per heavy atom. The van der Waals surface area contributed by atoms with Crippen LogP contribution in [0.15, 0.2) is 0 Å². The van der Waals surface area contributed by atoms with Crippen LogP contribution in [0.1, 0.15) is 20.3 Å². The first-order valence-corrected chi connectivity index (χ1v) is 7.88. The van der Waals surface area contributed by atoms with E-state index in [0.717, 1.165) is 19.6 Å². The van der Waals surface area contributed by atoms with Gasteiger partial charge in [-0.15, -0.1) is 0 Å². The topological polar surface area (TPSA) is 55.4 Å². The molecule has 0 aromatic carbocycles. The van der Waals surface area contributed by atoms with E-state index in [4.69, 9.17) is 28.4 Å². The van der Waals surface area contributed by atoms with Gasteiger partial charge in [-0.3, -0.25) is 0 Å². The highest BCUT2D eigenvalue weighted by atomic mass is 16.6. The molecule has 0 aromatic rings. The SMILES string of the molecule is CCCOCCOCCOCCOCCOCCOCC. The average Bonchev–Trinajstić information content (AvgIpc) is 2.50. The summed E-state index contributed by atoms with van der Waals surface area (Å²) in [7, 11) is 0. The number of hydrogen-bond donors (Lipinski definition) is 0. The largest absolute Gasteiger partial charge is 0.379 e. The van der Waals surface area contributed by atoms with Crippen LogP contribution in [-0.4, -0.2) is 79.3 Å². The van der Waals surface area contributed by atoms with Gasteiger partial charge < -0.3 is 28.4 Å². The summed E-state index contributed by atoms with van der Waals surface area (Å²) < 4.78 is 31.8. The first-order chi connectivity index (χ1) is 10.4. The highest BCUT2D eigenvalue weighted by Crippen LogP contribution is 1.85. The smallest absolute Gasteiger partial charge is 0.0701 e. The summed E-state index contributed by atoms with van der Waals surface area (Å²) in [4.78, 5) is 0. The third kappa shape index (κ3) is 19.8. The van der Waals surface area contributed by atoms with Crippen LogP contribution in [0.3, 0.4) is 0 Å². The van der Waals surface area contributed by atoms with E-state index in [1.165, 1.54) is 0 Å². The van der Waals surface area contributed by atoms with E-state index in [1.807, 2.05) is 6.92 Å². The van der Waals surface area contributed by atoms with Gasteiger partial charge in [-0.2, -0.15) is 0 Å². The molecule has 0 N–H and O–H groups in total. The number of hydrogen-bond acceptors (Lipinski definition) is 6. The van der Waals surface area contributed by atoms with Gasteiger partial charge >= 0.3 is 0 Å². The Morgan fingerprint density at radius 1 is 0.381 bits per heavy atom. The molecule has 0 rings (SSSR count). The lowest BCUT2D eigenvalue weighted by Gasteiger charge is -2.07. The van der Waals surface area contributed by atoms with Gasteiger partial charge in [0.2, 0.25) is 0 Å². The van der Waals surface area contributed by atoms with Gasteiger partial charge in [-0.25, -0.2) is 0 Å². The summed E-state index contributed by atoms with van der Waals surface area (Å²) in [6.07, 6.45) is 1.04. The Bertz CT molecular complexity index is 162. The van der Waals surface area contributed by atoms with Crippen molar-refractivity contribution >= 4 is 0 Å². The molecule has 0 atom stereocenters. The molecule has 0 fully saturated rings. The molecule has 0 bridgehead atoms. The fraction of sp³-hybridized carbons (Fsp3) is 1.00. The zero-order chi connectivity index (χ0) is 15.4. The predicted octanol–water partition coefficient (Wildman–Crippen LogP) is 1.52. The zero-order valence-corrected chi connectivity index (χ0v) is 13.6. The van der Waals surface area contributed by atoms with Crippen molar-refractivity contribution in [2.45, 2.75) is 20.3 Å². The highest BCUT2D eigenvalue weighted by molar-refractivity contribution is 4.36. The Labute approximate surface area is 129 Å². The maximum absolute atomic E-state index is 5.37. The fourth-order valence-electron chi connectivity index (χ4n) is 1.39. The zero-order valence-electron chi connectivity index (χ0n) is 13.6. The molecular formula is C15H32O6. The molecule has 0 amide bonds. The maximum atomic E-state index is 5.37. The van der Waals surface area contributed by atoms with Crippen LogP contribution in [0.25, 0.3) is 0 Å². The summed E-state index contributed by atoms with van der Waals surface area (Å²) in [5.74, 6) is 0. The van der Waals surface area contributed by atoms with Crippen molar-refractivity contribution in [2.75, 3.05) is 79.3 Å². The van der Waals surface area contributed by atoms with Crippen LogP contribution >= 0.6 is 0 Å². The molecule has 6 nitrogen and oxygen atoms in total. The van der Waals surface area contributed by atoms with Crippen LogP contribution in [0.5, 0.6) is 0 Å². The predicted molar refractivity (Wildman–Crippen MR) is 80.9 cm³/mol. The van der Waals surface area contributed by atoms with Crippen molar-refractivity contribution in [3.05, 3.63) is 0 Å². The van der Waals surface area contributed by atoms with Crippen molar-refractivity contribution in [1.82, 2.24) is 0 Å². The number of ether oxygens (including phenoxy) is 6. The van der Waals surface area contributed by atoms with Crippen LogP contribution in [0, 0.1) is 0 Å². The molecule has 0 aliphatic carbocycles. The molecular weight excluding hydrogens is 276 g/mol. The first kappa shape index (κ1) is 20.8. The molecule has 0 radical (unpaired) electrons. The third-order valence-corrected chi connectivity index (χ3v) is 2.41.